The number of nitrogens with one attached hydrogen (secondary N) is 1. The van der Waals surface area contributed by atoms with Gasteiger partial charge in [-0.1, -0.05) is 12.1 Å². The van der Waals surface area contributed by atoms with Crippen molar-refractivity contribution in [3.63, 3.8) is 0 Å². The summed E-state index contributed by atoms with van der Waals surface area (Å²) < 4.78 is 0. The molecule has 6 nitrogen and oxygen atoms in total. The Balaban J connectivity index is 2.64. The highest BCUT2D eigenvalue weighted by atomic mass is 16.6. The van der Waals surface area contributed by atoms with Gasteiger partial charge in [-0.15, -0.1) is 0 Å². The molecular formula is C10H7N3O3. The van der Waals surface area contributed by atoms with Gasteiger partial charge >= 0.3 is 0 Å². The number of rotatable bonds is 3. The van der Waals surface area contributed by atoms with Crippen LogP contribution in [0.4, 0.5) is 5.69 Å². The van der Waals surface area contributed by atoms with Gasteiger partial charge in [0, 0.05) is 6.07 Å². The molecule has 0 fully saturated rings. The molecule has 0 aliphatic heterocycles. The van der Waals surface area contributed by atoms with E-state index in [1.165, 1.54) is 12.3 Å². The molecule has 0 aliphatic rings. The van der Waals surface area contributed by atoms with Crippen LogP contribution in [0.3, 0.4) is 0 Å². The summed E-state index contributed by atoms with van der Waals surface area (Å²) in [4.78, 5) is 21.0. The Morgan fingerprint density at radius 2 is 2.12 bits per heavy atom. The number of hydrogen-bond acceptors (Lipinski definition) is 4. The average molecular weight is 217 g/mol. The van der Waals surface area contributed by atoms with E-state index in [1.54, 1.807) is 18.2 Å². The Labute approximate surface area is 90.1 Å². The molecule has 0 aliphatic carbocycles. The van der Waals surface area contributed by atoms with Gasteiger partial charge in [-0.25, -0.2) is 0 Å². The molecule has 0 spiro atoms. The molecule has 1 N–H and O–H groups in total. The Bertz CT molecular complexity index is 548. The lowest BCUT2D eigenvalue weighted by molar-refractivity contribution is -0.384. The largest absolute Gasteiger partial charge is 0.298 e. The Morgan fingerprint density at radius 3 is 2.81 bits per heavy atom. The Kier molecular flexibility index (Phi) is 2.47. The highest BCUT2D eigenvalue weighted by Crippen LogP contribution is 2.29. The number of benzene rings is 1. The van der Waals surface area contributed by atoms with Crippen LogP contribution >= 0.6 is 0 Å². The van der Waals surface area contributed by atoms with Crippen LogP contribution in [-0.4, -0.2) is 21.4 Å². The van der Waals surface area contributed by atoms with Crippen molar-refractivity contribution in [1.82, 2.24) is 10.2 Å². The first-order valence-electron chi connectivity index (χ1n) is 4.46. The summed E-state index contributed by atoms with van der Waals surface area (Å²) in [5, 5.41) is 17.1. The van der Waals surface area contributed by atoms with Crippen LogP contribution in [-0.2, 0) is 0 Å². The molecule has 0 radical (unpaired) electrons. The molecule has 1 aromatic carbocycles. The van der Waals surface area contributed by atoms with Crippen LogP contribution in [0, 0.1) is 10.1 Å². The van der Waals surface area contributed by atoms with Crippen molar-refractivity contribution < 1.29 is 9.72 Å². The molecule has 0 amide bonds. The predicted molar refractivity (Wildman–Crippen MR) is 56.1 cm³/mol. The number of hydrogen-bond donors (Lipinski definition) is 1. The van der Waals surface area contributed by atoms with Crippen LogP contribution in [0.1, 0.15) is 10.4 Å². The Morgan fingerprint density at radius 1 is 1.38 bits per heavy atom. The number of carbonyl (C=O) groups is 1. The minimum Gasteiger partial charge on any atom is -0.298 e. The summed E-state index contributed by atoms with van der Waals surface area (Å²) >= 11 is 0. The third kappa shape index (κ3) is 1.56. The van der Waals surface area contributed by atoms with Gasteiger partial charge in [0.1, 0.15) is 0 Å². The normalized spacial score (nSPS) is 10.0. The highest BCUT2D eigenvalue weighted by Gasteiger charge is 2.17. The maximum absolute atomic E-state index is 10.8. The maximum atomic E-state index is 10.8. The first-order valence-corrected chi connectivity index (χ1v) is 4.46. The van der Waals surface area contributed by atoms with Crippen molar-refractivity contribution >= 4 is 12.0 Å². The van der Waals surface area contributed by atoms with Gasteiger partial charge in [0.25, 0.3) is 5.69 Å². The van der Waals surface area contributed by atoms with E-state index in [4.69, 9.17) is 0 Å². The molecule has 2 aromatic rings. The average Bonchev–Trinajstić information content (AvgIpc) is 2.76. The minimum absolute atomic E-state index is 0.0603. The molecule has 6 heteroatoms. The first-order chi connectivity index (χ1) is 7.74. The molecule has 0 unspecified atom stereocenters. The smallest absolute Gasteiger partial charge is 0.278 e. The Hall–Kier alpha value is -2.50. The zero-order valence-corrected chi connectivity index (χ0v) is 8.08. The lowest BCUT2D eigenvalue weighted by atomic mass is 10.1. The monoisotopic (exact) mass is 217 g/mol. The van der Waals surface area contributed by atoms with Crippen molar-refractivity contribution in [2.75, 3.05) is 0 Å². The predicted octanol–water partition coefficient (Wildman–Crippen LogP) is 1.80. The van der Waals surface area contributed by atoms with E-state index in [-0.39, 0.29) is 5.69 Å². The van der Waals surface area contributed by atoms with Gasteiger partial charge in [-0.05, 0) is 6.07 Å². The fourth-order valence-corrected chi connectivity index (χ4v) is 1.44. The van der Waals surface area contributed by atoms with E-state index < -0.39 is 4.92 Å². The number of aromatic nitrogens is 2. The number of nitro benzene ring substituents is 1. The minimum atomic E-state index is -0.495. The van der Waals surface area contributed by atoms with E-state index in [2.05, 4.69) is 10.2 Å². The van der Waals surface area contributed by atoms with Gasteiger partial charge in [0.2, 0.25) is 0 Å². The third-order valence-electron chi connectivity index (χ3n) is 2.17. The van der Waals surface area contributed by atoms with Crippen LogP contribution < -0.4 is 0 Å². The quantitative estimate of drug-likeness (QED) is 0.482. The van der Waals surface area contributed by atoms with E-state index in [1.807, 2.05) is 0 Å². The summed E-state index contributed by atoms with van der Waals surface area (Å²) in [6, 6.07) is 6.18. The van der Waals surface area contributed by atoms with E-state index in [9.17, 15) is 14.9 Å². The molecule has 0 atom stereocenters. The number of nitrogens with zero attached hydrogens (tertiary/aromatic N) is 2. The molecule has 0 bridgehead atoms. The standard InChI is InChI=1S/C10H7N3O3/c14-6-7-5-11-12-10(7)8-3-1-2-4-9(8)13(15)16/h1-6H,(H,11,12). The van der Waals surface area contributed by atoms with Gasteiger partial charge in [-0.2, -0.15) is 5.10 Å². The van der Waals surface area contributed by atoms with Gasteiger partial charge < -0.3 is 0 Å². The van der Waals surface area contributed by atoms with Crippen molar-refractivity contribution in [1.29, 1.82) is 0 Å². The molecular weight excluding hydrogens is 210 g/mol. The molecule has 1 heterocycles. The van der Waals surface area contributed by atoms with Crippen molar-refractivity contribution in [2.24, 2.45) is 0 Å². The number of carbonyl (C=O) groups excluding carboxylic acids is 1. The van der Waals surface area contributed by atoms with Gasteiger partial charge in [-0.3, -0.25) is 20.0 Å². The SMILES string of the molecule is O=Cc1cn[nH]c1-c1ccccc1[N+](=O)[O-]. The van der Waals surface area contributed by atoms with Crippen molar-refractivity contribution in [2.45, 2.75) is 0 Å². The second kappa shape index (κ2) is 3.93. The zero-order chi connectivity index (χ0) is 11.5. The van der Waals surface area contributed by atoms with E-state index in [0.29, 0.717) is 23.1 Å². The van der Waals surface area contributed by atoms with Gasteiger partial charge in [0.15, 0.2) is 6.29 Å². The van der Waals surface area contributed by atoms with Crippen molar-refractivity contribution in [3.05, 3.63) is 46.1 Å². The van der Waals surface area contributed by atoms with E-state index in [0.717, 1.165) is 0 Å². The summed E-state index contributed by atoms with van der Waals surface area (Å²) in [7, 11) is 0. The summed E-state index contributed by atoms with van der Waals surface area (Å²) in [6.07, 6.45) is 1.94. The van der Waals surface area contributed by atoms with Crippen LogP contribution in [0.5, 0.6) is 0 Å². The van der Waals surface area contributed by atoms with Crippen LogP contribution in [0.2, 0.25) is 0 Å². The summed E-state index contributed by atoms with van der Waals surface area (Å²) in [6.45, 7) is 0. The molecule has 0 saturated heterocycles. The van der Waals surface area contributed by atoms with Crippen molar-refractivity contribution in [3.8, 4) is 11.3 Å². The maximum Gasteiger partial charge on any atom is 0.278 e. The third-order valence-corrected chi connectivity index (χ3v) is 2.17. The highest BCUT2D eigenvalue weighted by molar-refractivity contribution is 5.87. The number of aromatic amines is 1. The molecule has 2 rings (SSSR count). The van der Waals surface area contributed by atoms with Crippen LogP contribution in [0.25, 0.3) is 11.3 Å². The lowest BCUT2D eigenvalue weighted by Gasteiger charge is -2.00. The first kappa shape index (κ1) is 10.0. The fraction of sp³-hybridized carbons (Fsp3) is 0. The van der Waals surface area contributed by atoms with Gasteiger partial charge in [0.05, 0.1) is 27.9 Å². The fourth-order valence-electron chi connectivity index (χ4n) is 1.44. The zero-order valence-electron chi connectivity index (χ0n) is 8.08. The number of nitro groups is 1. The van der Waals surface area contributed by atoms with E-state index >= 15 is 0 Å². The number of para-hydroxylation sites is 1. The topological polar surface area (TPSA) is 88.9 Å². The van der Waals surface area contributed by atoms with Crippen LogP contribution in [0.15, 0.2) is 30.5 Å². The molecule has 80 valence electrons. The number of aldehydes is 1. The molecule has 0 saturated carbocycles. The summed E-state index contributed by atoms with van der Waals surface area (Å²) in [5.74, 6) is 0. The lowest BCUT2D eigenvalue weighted by Crippen LogP contribution is -1.93. The second-order valence-electron chi connectivity index (χ2n) is 3.09. The molecule has 1 aromatic heterocycles. The summed E-state index contributed by atoms with van der Waals surface area (Å²) in [5.41, 5.74) is 0.957. The second-order valence-corrected chi connectivity index (χ2v) is 3.09. The molecule has 16 heavy (non-hydrogen) atoms. The number of H-pyrrole nitrogens is 1.